The van der Waals surface area contributed by atoms with Crippen molar-refractivity contribution < 1.29 is 4.84 Å². The van der Waals surface area contributed by atoms with E-state index in [0.717, 1.165) is 6.42 Å². The van der Waals surface area contributed by atoms with Gasteiger partial charge in [0, 0.05) is 6.21 Å². The lowest BCUT2D eigenvalue weighted by molar-refractivity contribution is 0.0653. The zero-order valence-corrected chi connectivity index (χ0v) is 6.55. The molecule has 2 heteroatoms. The van der Waals surface area contributed by atoms with Gasteiger partial charge in [-0.25, -0.2) is 0 Å². The van der Waals surface area contributed by atoms with Crippen LogP contribution in [0.3, 0.4) is 0 Å². The Morgan fingerprint density at radius 2 is 2.20 bits per heavy atom. The van der Waals surface area contributed by atoms with Crippen LogP contribution in [-0.4, -0.2) is 12.3 Å². The molecule has 0 atom stereocenters. The van der Waals surface area contributed by atoms with Crippen molar-refractivity contribution in [2.24, 2.45) is 5.16 Å². The van der Waals surface area contributed by atoms with Crippen LogP contribution in [0.15, 0.2) is 5.16 Å². The van der Waals surface area contributed by atoms with Crippen molar-refractivity contribution in [2.45, 2.75) is 45.1 Å². The highest BCUT2D eigenvalue weighted by Crippen LogP contribution is 2.20. The molecule has 1 rings (SSSR count). The summed E-state index contributed by atoms with van der Waals surface area (Å²) in [6.07, 6.45) is 8.22. The van der Waals surface area contributed by atoms with Crippen LogP contribution in [-0.2, 0) is 4.84 Å². The molecular weight excluding hydrogens is 126 g/mol. The van der Waals surface area contributed by atoms with Crippen LogP contribution in [0.1, 0.15) is 39.0 Å². The third kappa shape index (κ3) is 2.38. The molecule has 0 aliphatic heterocycles. The summed E-state index contributed by atoms with van der Waals surface area (Å²) in [5.41, 5.74) is 0. The summed E-state index contributed by atoms with van der Waals surface area (Å²) in [5, 5.41) is 3.85. The molecule has 1 aliphatic carbocycles. The predicted octanol–water partition coefficient (Wildman–Crippen LogP) is 2.34. The Labute approximate surface area is 62.3 Å². The topological polar surface area (TPSA) is 21.6 Å². The van der Waals surface area contributed by atoms with Gasteiger partial charge in [0.05, 0.1) is 0 Å². The third-order valence-corrected chi connectivity index (χ3v) is 1.77. The number of rotatable bonds is 3. The quantitative estimate of drug-likeness (QED) is 0.436. The summed E-state index contributed by atoms with van der Waals surface area (Å²) in [7, 11) is 0. The molecule has 0 amide bonds. The molecule has 10 heavy (non-hydrogen) atoms. The van der Waals surface area contributed by atoms with Crippen LogP contribution in [0.2, 0.25) is 0 Å². The maximum Gasteiger partial charge on any atom is 0.127 e. The fourth-order valence-corrected chi connectivity index (χ4v) is 1.20. The van der Waals surface area contributed by atoms with E-state index in [2.05, 4.69) is 12.1 Å². The zero-order chi connectivity index (χ0) is 7.23. The monoisotopic (exact) mass is 141 g/mol. The van der Waals surface area contributed by atoms with E-state index in [1.54, 1.807) is 0 Å². The second-order valence-electron chi connectivity index (χ2n) is 2.71. The molecule has 58 valence electrons. The minimum absolute atomic E-state index is 0.419. The van der Waals surface area contributed by atoms with Crippen LogP contribution in [0.4, 0.5) is 0 Å². The molecule has 1 fully saturated rings. The average molecular weight is 141 g/mol. The smallest absolute Gasteiger partial charge is 0.127 e. The maximum absolute atomic E-state index is 5.21. The van der Waals surface area contributed by atoms with Gasteiger partial charge in [0.2, 0.25) is 0 Å². The second-order valence-corrected chi connectivity index (χ2v) is 2.71. The predicted molar refractivity (Wildman–Crippen MR) is 42.1 cm³/mol. The molecule has 0 bridgehead atoms. The normalized spacial score (nSPS) is 20.5. The molecule has 0 aromatic rings. The van der Waals surface area contributed by atoms with E-state index in [1.807, 2.05) is 6.21 Å². The van der Waals surface area contributed by atoms with Crippen molar-refractivity contribution in [3.8, 4) is 0 Å². The van der Waals surface area contributed by atoms with Crippen LogP contribution in [0.25, 0.3) is 0 Å². The van der Waals surface area contributed by atoms with Crippen molar-refractivity contribution in [1.82, 2.24) is 0 Å². The fraction of sp³-hybridized carbons (Fsp3) is 0.875. The fourth-order valence-electron chi connectivity index (χ4n) is 1.20. The summed E-state index contributed by atoms with van der Waals surface area (Å²) < 4.78 is 0. The molecule has 0 unspecified atom stereocenters. The van der Waals surface area contributed by atoms with Gasteiger partial charge in [-0.05, 0) is 32.1 Å². The number of nitrogens with zero attached hydrogens (tertiary/aromatic N) is 1. The maximum atomic E-state index is 5.21. The van der Waals surface area contributed by atoms with Gasteiger partial charge in [0.25, 0.3) is 0 Å². The lowest BCUT2D eigenvalue weighted by Gasteiger charge is -2.04. The summed E-state index contributed by atoms with van der Waals surface area (Å²) in [6, 6.07) is 0. The van der Waals surface area contributed by atoms with Crippen molar-refractivity contribution in [3.63, 3.8) is 0 Å². The summed E-state index contributed by atoms with van der Waals surface area (Å²) in [6.45, 7) is 2.06. The number of hydrogen-bond acceptors (Lipinski definition) is 2. The molecule has 0 aromatic heterocycles. The van der Waals surface area contributed by atoms with Crippen molar-refractivity contribution in [2.75, 3.05) is 0 Å². The zero-order valence-electron chi connectivity index (χ0n) is 6.55. The van der Waals surface area contributed by atoms with Gasteiger partial charge in [-0.15, -0.1) is 0 Å². The Hall–Kier alpha value is -0.530. The molecule has 0 saturated heterocycles. The van der Waals surface area contributed by atoms with E-state index >= 15 is 0 Å². The molecule has 0 aromatic carbocycles. The highest BCUT2D eigenvalue weighted by atomic mass is 16.6. The van der Waals surface area contributed by atoms with Crippen LogP contribution in [0.5, 0.6) is 0 Å². The van der Waals surface area contributed by atoms with Gasteiger partial charge < -0.3 is 4.84 Å². The molecule has 0 radical (unpaired) electrons. The lowest BCUT2D eigenvalue weighted by atomic mass is 10.3. The Kier molecular flexibility index (Phi) is 3.27. The van der Waals surface area contributed by atoms with Crippen LogP contribution < -0.4 is 0 Å². The van der Waals surface area contributed by atoms with E-state index in [-0.39, 0.29) is 0 Å². The number of oxime groups is 1. The Balaban J connectivity index is 2.06. The van der Waals surface area contributed by atoms with Crippen LogP contribution >= 0.6 is 0 Å². The van der Waals surface area contributed by atoms with E-state index < -0.39 is 0 Å². The largest absolute Gasteiger partial charge is 0.393 e. The first-order valence-electron chi connectivity index (χ1n) is 4.11. The SMILES string of the molecule is CC/C=N/OC1CCCC1. The minimum atomic E-state index is 0.419. The summed E-state index contributed by atoms with van der Waals surface area (Å²) >= 11 is 0. The average Bonchev–Trinajstić information content (AvgIpc) is 2.41. The third-order valence-electron chi connectivity index (χ3n) is 1.77. The van der Waals surface area contributed by atoms with E-state index in [9.17, 15) is 0 Å². The van der Waals surface area contributed by atoms with Gasteiger partial charge in [0.15, 0.2) is 0 Å². The second kappa shape index (κ2) is 4.31. The molecule has 0 spiro atoms. The van der Waals surface area contributed by atoms with Gasteiger partial charge in [-0.2, -0.15) is 0 Å². The van der Waals surface area contributed by atoms with Crippen molar-refractivity contribution >= 4 is 6.21 Å². The van der Waals surface area contributed by atoms with Crippen LogP contribution in [0, 0.1) is 0 Å². The highest BCUT2D eigenvalue weighted by Gasteiger charge is 2.15. The van der Waals surface area contributed by atoms with Crippen molar-refractivity contribution in [3.05, 3.63) is 0 Å². The molecule has 1 aliphatic rings. The highest BCUT2D eigenvalue weighted by molar-refractivity contribution is 5.55. The van der Waals surface area contributed by atoms with Gasteiger partial charge >= 0.3 is 0 Å². The molecule has 1 saturated carbocycles. The lowest BCUT2D eigenvalue weighted by Crippen LogP contribution is -2.01. The standard InChI is InChI=1S/C8H15NO/c1-2-7-9-10-8-5-3-4-6-8/h7-8H,2-6H2,1H3/b9-7+. The Morgan fingerprint density at radius 1 is 1.50 bits per heavy atom. The van der Waals surface area contributed by atoms with Gasteiger partial charge in [-0.3, -0.25) is 0 Å². The van der Waals surface area contributed by atoms with E-state index in [1.165, 1.54) is 25.7 Å². The van der Waals surface area contributed by atoms with Gasteiger partial charge in [-0.1, -0.05) is 12.1 Å². The van der Waals surface area contributed by atoms with Crippen molar-refractivity contribution in [1.29, 1.82) is 0 Å². The first-order chi connectivity index (χ1) is 4.93. The molecular formula is C8H15NO. The molecule has 2 nitrogen and oxygen atoms in total. The first kappa shape index (κ1) is 7.58. The van der Waals surface area contributed by atoms with E-state index in [4.69, 9.17) is 4.84 Å². The Morgan fingerprint density at radius 3 is 2.80 bits per heavy atom. The van der Waals surface area contributed by atoms with Gasteiger partial charge in [0.1, 0.15) is 6.10 Å². The molecule has 0 N–H and O–H groups in total. The summed E-state index contributed by atoms with van der Waals surface area (Å²) in [4.78, 5) is 5.21. The minimum Gasteiger partial charge on any atom is -0.393 e. The summed E-state index contributed by atoms with van der Waals surface area (Å²) in [5.74, 6) is 0. The first-order valence-corrected chi connectivity index (χ1v) is 4.11. The Bertz CT molecular complexity index is 106. The van der Waals surface area contributed by atoms with E-state index in [0.29, 0.717) is 6.10 Å². The number of hydrogen-bond donors (Lipinski definition) is 0. The molecule has 0 heterocycles.